The van der Waals surface area contributed by atoms with E-state index in [9.17, 15) is 0 Å². The number of aromatic nitrogens is 2. The van der Waals surface area contributed by atoms with Crippen LogP contribution >= 0.6 is 11.6 Å². The number of aryl methyl sites for hydroxylation is 2. The highest BCUT2D eigenvalue weighted by Gasteiger charge is 2.01. The largest absolute Gasteiger partial charge is 0.487 e. The molecular weight excluding hydrogens is 260 g/mol. The van der Waals surface area contributed by atoms with Crippen LogP contribution in [0, 0.1) is 18.8 Å². The first kappa shape index (κ1) is 13.5. The predicted octanol–water partition coefficient (Wildman–Crippen LogP) is 2.90. The molecule has 98 valence electrons. The van der Waals surface area contributed by atoms with Crippen LogP contribution in [0.15, 0.2) is 30.5 Å². The molecule has 1 aromatic heterocycles. The van der Waals surface area contributed by atoms with E-state index in [2.05, 4.69) is 16.9 Å². The third-order valence-corrected chi connectivity index (χ3v) is 2.78. The Morgan fingerprint density at radius 1 is 1.37 bits per heavy atom. The lowest BCUT2D eigenvalue weighted by molar-refractivity contribution is 0.300. The van der Waals surface area contributed by atoms with Crippen LogP contribution in [0.1, 0.15) is 16.8 Å². The van der Waals surface area contributed by atoms with E-state index < -0.39 is 0 Å². The van der Waals surface area contributed by atoms with Crippen molar-refractivity contribution < 1.29 is 4.74 Å². The van der Waals surface area contributed by atoms with Crippen LogP contribution < -0.4 is 4.74 Å². The molecule has 0 saturated heterocycles. The second kappa shape index (κ2) is 6.31. The first-order chi connectivity index (χ1) is 9.19. The Kier molecular flexibility index (Phi) is 4.48. The van der Waals surface area contributed by atoms with Gasteiger partial charge in [0, 0.05) is 18.8 Å². The van der Waals surface area contributed by atoms with Gasteiger partial charge in [0.1, 0.15) is 12.4 Å². The van der Waals surface area contributed by atoms with Gasteiger partial charge in [-0.05, 0) is 36.8 Å². The summed E-state index contributed by atoms with van der Waals surface area (Å²) in [7, 11) is 1.89. The molecule has 0 unspecified atom stereocenters. The zero-order valence-corrected chi connectivity index (χ0v) is 11.7. The van der Waals surface area contributed by atoms with Crippen molar-refractivity contribution in [2.24, 2.45) is 7.05 Å². The molecule has 2 aromatic rings. The summed E-state index contributed by atoms with van der Waals surface area (Å²) >= 11 is 5.55. The van der Waals surface area contributed by atoms with Gasteiger partial charge in [-0.2, -0.15) is 5.10 Å². The van der Waals surface area contributed by atoms with Gasteiger partial charge in [-0.15, -0.1) is 11.6 Å². The Morgan fingerprint density at radius 2 is 2.21 bits per heavy atom. The van der Waals surface area contributed by atoms with E-state index in [1.807, 2.05) is 44.4 Å². The van der Waals surface area contributed by atoms with Gasteiger partial charge in [0.25, 0.3) is 0 Å². The summed E-state index contributed by atoms with van der Waals surface area (Å²) in [5.74, 6) is 7.02. The molecule has 0 amide bonds. The van der Waals surface area contributed by atoms with E-state index in [-0.39, 0.29) is 0 Å². The molecule has 0 aliphatic carbocycles. The summed E-state index contributed by atoms with van der Waals surface area (Å²) in [6.45, 7) is 2.47. The molecule has 0 spiro atoms. The van der Waals surface area contributed by atoms with E-state index in [1.54, 1.807) is 4.68 Å². The number of ether oxygens (including phenoxy) is 1. The van der Waals surface area contributed by atoms with Gasteiger partial charge < -0.3 is 4.74 Å². The highest BCUT2D eigenvalue weighted by atomic mass is 35.5. The number of hydrogen-bond acceptors (Lipinski definition) is 2. The summed E-state index contributed by atoms with van der Waals surface area (Å²) in [6.07, 6.45) is 1.90. The van der Waals surface area contributed by atoms with Crippen molar-refractivity contribution >= 4 is 11.6 Å². The Hall–Kier alpha value is -1.92. The van der Waals surface area contributed by atoms with E-state index in [4.69, 9.17) is 16.3 Å². The minimum atomic E-state index is 0.345. The first-order valence-corrected chi connectivity index (χ1v) is 6.49. The molecule has 19 heavy (non-hydrogen) atoms. The lowest BCUT2D eigenvalue weighted by Crippen LogP contribution is -1.98. The molecule has 0 bridgehead atoms. The molecule has 0 N–H and O–H groups in total. The molecular formula is C15H15ClN2O. The summed E-state index contributed by atoms with van der Waals surface area (Å²) in [4.78, 5) is 0. The number of halogens is 1. The number of rotatable bonds is 3. The molecule has 1 aromatic carbocycles. The summed E-state index contributed by atoms with van der Waals surface area (Å²) in [5.41, 5.74) is 2.97. The van der Waals surface area contributed by atoms with Crippen molar-refractivity contribution in [1.29, 1.82) is 0 Å². The van der Waals surface area contributed by atoms with Crippen molar-refractivity contribution in [3.8, 4) is 17.6 Å². The highest BCUT2D eigenvalue weighted by molar-refractivity contribution is 6.19. The SMILES string of the molecule is Cc1cc(OCc2ccn(C)n2)ccc1C#CCCl. The molecule has 0 aliphatic heterocycles. The minimum absolute atomic E-state index is 0.345. The molecule has 0 radical (unpaired) electrons. The summed E-state index contributed by atoms with van der Waals surface area (Å²) in [5, 5.41) is 4.26. The van der Waals surface area contributed by atoms with E-state index >= 15 is 0 Å². The third-order valence-electron chi connectivity index (χ3n) is 2.64. The molecule has 0 fully saturated rings. The van der Waals surface area contributed by atoms with Crippen molar-refractivity contribution in [2.45, 2.75) is 13.5 Å². The Bertz CT molecular complexity index is 623. The lowest BCUT2D eigenvalue weighted by Gasteiger charge is -2.06. The van der Waals surface area contributed by atoms with Crippen LogP contribution in [-0.2, 0) is 13.7 Å². The number of nitrogens with zero attached hydrogens (tertiary/aromatic N) is 2. The second-order valence-electron chi connectivity index (χ2n) is 4.18. The Balaban J connectivity index is 2.03. The average molecular weight is 275 g/mol. The summed E-state index contributed by atoms with van der Waals surface area (Å²) in [6, 6.07) is 7.77. The van der Waals surface area contributed by atoms with Crippen LogP contribution in [0.3, 0.4) is 0 Å². The van der Waals surface area contributed by atoms with Gasteiger partial charge >= 0.3 is 0 Å². The van der Waals surface area contributed by atoms with Crippen molar-refractivity contribution in [2.75, 3.05) is 5.88 Å². The van der Waals surface area contributed by atoms with Crippen LogP contribution in [0.5, 0.6) is 5.75 Å². The lowest BCUT2D eigenvalue weighted by atomic mass is 10.1. The van der Waals surface area contributed by atoms with Gasteiger partial charge in [0.2, 0.25) is 0 Å². The van der Waals surface area contributed by atoms with Crippen LogP contribution in [0.4, 0.5) is 0 Å². The van der Waals surface area contributed by atoms with Gasteiger partial charge in [-0.25, -0.2) is 0 Å². The molecule has 0 saturated carbocycles. The normalized spacial score (nSPS) is 9.84. The number of hydrogen-bond donors (Lipinski definition) is 0. The van der Waals surface area contributed by atoms with Crippen LogP contribution in [-0.4, -0.2) is 15.7 Å². The van der Waals surface area contributed by atoms with Crippen molar-refractivity contribution in [3.63, 3.8) is 0 Å². The van der Waals surface area contributed by atoms with E-state index in [0.29, 0.717) is 12.5 Å². The Labute approximate surface area is 118 Å². The zero-order chi connectivity index (χ0) is 13.7. The maximum Gasteiger partial charge on any atom is 0.132 e. The highest BCUT2D eigenvalue weighted by Crippen LogP contribution is 2.17. The van der Waals surface area contributed by atoms with Crippen molar-refractivity contribution in [3.05, 3.63) is 47.3 Å². The molecule has 0 atom stereocenters. The van der Waals surface area contributed by atoms with E-state index in [0.717, 1.165) is 22.6 Å². The predicted molar refractivity (Wildman–Crippen MR) is 76.3 cm³/mol. The molecule has 4 heteroatoms. The smallest absolute Gasteiger partial charge is 0.132 e. The molecule has 3 nitrogen and oxygen atoms in total. The Morgan fingerprint density at radius 3 is 2.84 bits per heavy atom. The topological polar surface area (TPSA) is 27.1 Å². The monoisotopic (exact) mass is 274 g/mol. The van der Waals surface area contributed by atoms with Crippen LogP contribution in [0.2, 0.25) is 0 Å². The molecule has 1 heterocycles. The number of alkyl halides is 1. The van der Waals surface area contributed by atoms with Crippen molar-refractivity contribution in [1.82, 2.24) is 9.78 Å². The second-order valence-corrected chi connectivity index (χ2v) is 4.45. The maximum absolute atomic E-state index is 5.70. The quantitative estimate of drug-likeness (QED) is 0.636. The molecule has 0 aliphatic rings. The van der Waals surface area contributed by atoms with Gasteiger partial charge in [-0.1, -0.05) is 11.8 Å². The number of benzene rings is 1. The summed E-state index contributed by atoms with van der Waals surface area (Å²) < 4.78 is 7.45. The van der Waals surface area contributed by atoms with Gasteiger partial charge in [-0.3, -0.25) is 4.68 Å². The fourth-order valence-corrected chi connectivity index (χ4v) is 1.76. The zero-order valence-electron chi connectivity index (χ0n) is 11.0. The van der Waals surface area contributed by atoms with E-state index in [1.165, 1.54) is 0 Å². The minimum Gasteiger partial charge on any atom is -0.487 e. The fraction of sp³-hybridized carbons (Fsp3) is 0.267. The van der Waals surface area contributed by atoms with Gasteiger partial charge in [0.05, 0.1) is 11.6 Å². The van der Waals surface area contributed by atoms with Gasteiger partial charge in [0.15, 0.2) is 0 Å². The fourth-order valence-electron chi connectivity index (χ4n) is 1.69. The first-order valence-electron chi connectivity index (χ1n) is 5.96. The molecule has 2 rings (SSSR count). The van der Waals surface area contributed by atoms with Crippen LogP contribution in [0.25, 0.3) is 0 Å². The standard InChI is InChI=1S/C15H15ClN2O/c1-12-10-15(6-5-13(12)4-3-8-16)19-11-14-7-9-18(2)17-14/h5-7,9-10H,8,11H2,1-2H3. The maximum atomic E-state index is 5.70. The average Bonchev–Trinajstić information content (AvgIpc) is 2.81. The third kappa shape index (κ3) is 3.77.